The average molecular weight is 508 g/mol. The maximum atomic E-state index is 13.5. The van der Waals surface area contributed by atoms with Crippen molar-refractivity contribution in [2.24, 2.45) is 5.73 Å². The van der Waals surface area contributed by atoms with Crippen LogP contribution >= 0.6 is 0 Å². The Kier molecular flexibility index (Phi) is 6.46. The monoisotopic (exact) mass is 507 g/mol. The van der Waals surface area contributed by atoms with Crippen molar-refractivity contribution < 1.29 is 22.7 Å². The van der Waals surface area contributed by atoms with Crippen LogP contribution in [0.5, 0.6) is 5.75 Å². The van der Waals surface area contributed by atoms with Gasteiger partial charge in [-0.1, -0.05) is 12.1 Å². The number of rotatable bonds is 9. The number of nitrogens with zero attached hydrogens (tertiary/aromatic N) is 3. The fourth-order valence-corrected chi connectivity index (χ4v) is 4.93. The Bertz CT molecular complexity index is 1450. The lowest BCUT2D eigenvalue weighted by molar-refractivity contribution is 0.100. The lowest BCUT2D eigenvalue weighted by Gasteiger charge is -2.28. The van der Waals surface area contributed by atoms with Gasteiger partial charge in [0.15, 0.2) is 0 Å². The number of halogens is 1. The number of carbonyl (C=O) groups is 1. The minimum atomic E-state index is -2.54. The van der Waals surface area contributed by atoms with Gasteiger partial charge in [-0.2, -0.15) is 5.10 Å². The van der Waals surface area contributed by atoms with Crippen LogP contribution in [0.1, 0.15) is 40.2 Å². The largest absolute Gasteiger partial charge is 0.755 e. The normalized spacial score (nSPS) is 14.1. The Morgan fingerprint density at radius 3 is 2.50 bits per heavy atom. The molecule has 1 aliphatic carbocycles. The highest BCUT2D eigenvalue weighted by Crippen LogP contribution is 2.45. The van der Waals surface area contributed by atoms with Crippen LogP contribution in [-0.2, 0) is 17.7 Å². The first-order valence-electron chi connectivity index (χ1n) is 11.5. The van der Waals surface area contributed by atoms with Crippen molar-refractivity contribution in [3.05, 3.63) is 83.3 Å². The number of carbonyl (C=O) groups excluding carboxylic acids is 1. The quantitative estimate of drug-likeness (QED) is 0.345. The van der Waals surface area contributed by atoms with Crippen molar-refractivity contribution >= 4 is 28.4 Å². The Labute approximate surface area is 209 Å². The van der Waals surface area contributed by atoms with E-state index in [1.54, 1.807) is 19.4 Å². The third-order valence-corrected chi connectivity index (χ3v) is 7.11. The zero-order valence-corrected chi connectivity index (χ0v) is 20.3. The van der Waals surface area contributed by atoms with Crippen LogP contribution < -0.4 is 14.8 Å². The van der Waals surface area contributed by atoms with E-state index >= 15 is 0 Å². The summed E-state index contributed by atoms with van der Waals surface area (Å²) in [6.07, 6.45) is 3.97. The molecule has 36 heavy (non-hydrogen) atoms. The van der Waals surface area contributed by atoms with Gasteiger partial charge in [-0.3, -0.25) is 9.00 Å². The van der Waals surface area contributed by atoms with Crippen molar-refractivity contribution in [3.63, 3.8) is 0 Å². The van der Waals surface area contributed by atoms with Crippen molar-refractivity contribution in [2.75, 3.05) is 18.0 Å². The SMILES string of the molecule is COc1ccc(CCN(c2cn3nc(-c4ccc(F)cc4)c(C(N)=O)c3cc2C2CC2)S(=O)[O-])cc1. The molecular formula is C26H24FN4O4S-. The maximum absolute atomic E-state index is 13.5. The first-order valence-corrected chi connectivity index (χ1v) is 12.5. The number of fused-ring (bicyclic) bond motifs is 1. The minimum absolute atomic E-state index is 0.182. The zero-order chi connectivity index (χ0) is 25.4. The van der Waals surface area contributed by atoms with Gasteiger partial charge >= 0.3 is 0 Å². The lowest BCUT2D eigenvalue weighted by Crippen LogP contribution is -2.29. The molecule has 0 bridgehead atoms. The number of methoxy groups -OCH3 is 1. The molecule has 1 amide bonds. The average Bonchev–Trinajstić information content (AvgIpc) is 3.64. The van der Waals surface area contributed by atoms with Crippen molar-refractivity contribution in [1.29, 1.82) is 0 Å². The van der Waals surface area contributed by atoms with Crippen molar-refractivity contribution in [2.45, 2.75) is 25.2 Å². The fourth-order valence-electron chi connectivity index (χ4n) is 4.38. The summed E-state index contributed by atoms with van der Waals surface area (Å²) in [6, 6.07) is 14.9. The molecule has 2 heterocycles. The standard InChI is InChI=1S/C26H25FN4O4S/c1-35-20-10-2-16(3-11-20)12-13-31(36(33)34)23-15-30-22(14-21(23)17-4-5-17)24(26(28)32)25(29-30)18-6-8-19(27)9-7-18/h2-3,6-11,14-15,17H,4-5,12-13H2,1H3,(H2,28,32)(H,33,34)/p-1. The van der Waals surface area contributed by atoms with Crippen LogP contribution in [0.25, 0.3) is 16.8 Å². The summed E-state index contributed by atoms with van der Waals surface area (Å²) in [5.74, 6) is -0.165. The minimum Gasteiger partial charge on any atom is -0.755 e. The highest BCUT2D eigenvalue weighted by Gasteiger charge is 2.31. The van der Waals surface area contributed by atoms with Gasteiger partial charge in [-0.15, -0.1) is 0 Å². The summed E-state index contributed by atoms with van der Waals surface area (Å²) in [5, 5.41) is 4.55. The van der Waals surface area contributed by atoms with Crippen molar-refractivity contribution in [3.8, 4) is 17.0 Å². The van der Waals surface area contributed by atoms with Gasteiger partial charge in [0.1, 0.15) is 17.3 Å². The molecule has 1 unspecified atom stereocenters. The molecule has 2 aromatic carbocycles. The van der Waals surface area contributed by atoms with Crippen molar-refractivity contribution in [1.82, 2.24) is 9.61 Å². The van der Waals surface area contributed by atoms with Crippen LogP contribution in [0.3, 0.4) is 0 Å². The second-order valence-electron chi connectivity index (χ2n) is 8.73. The summed E-state index contributed by atoms with van der Waals surface area (Å²) in [4.78, 5) is 12.4. The van der Waals surface area contributed by atoms with Crippen LogP contribution in [0, 0.1) is 5.82 Å². The van der Waals surface area contributed by atoms with Gasteiger partial charge in [0, 0.05) is 23.4 Å². The zero-order valence-electron chi connectivity index (χ0n) is 19.5. The molecule has 5 rings (SSSR count). The van der Waals surface area contributed by atoms with E-state index in [9.17, 15) is 17.9 Å². The number of aromatic nitrogens is 2. The van der Waals surface area contributed by atoms with E-state index in [1.165, 1.54) is 33.1 Å². The number of hydrogen-bond acceptors (Lipinski definition) is 5. The number of ether oxygens (including phenoxy) is 1. The topological polar surface area (TPSA) is 113 Å². The Morgan fingerprint density at radius 2 is 1.92 bits per heavy atom. The number of hydrogen-bond donors (Lipinski definition) is 1. The van der Waals surface area contributed by atoms with Crippen LogP contribution in [0.15, 0.2) is 60.8 Å². The maximum Gasteiger partial charge on any atom is 0.253 e. The highest BCUT2D eigenvalue weighted by atomic mass is 32.2. The van der Waals surface area contributed by atoms with Crippen LogP contribution in [0.2, 0.25) is 0 Å². The van der Waals surface area contributed by atoms with E-state index in [0.717, 1.165) is 29.7 Å². The Morgan fingerprint density at radius 1 is 1.22 bits per heavy atom. The summed E-state index contributed by atoms with van der Waals surface area (Å²) in [5.41, 5.74) is 9.58. The lowest BCUT2D eigenvalue weighted by atomic mass is 10.0. The summed E-state index contributed by atoms with van der Waals surface area (Å²) in [7, 11) is 1.59. The molecule has 1 saturated carbocycles. The molecule has 10 heteroatoms. The number of primary amides is 1. The first kappa shape index (κ1) is 24.0. The van der Waals surface area contributed by atoms with Gasteiger partial charge in [0.05, 0.1) is 30.1 Å². The van der Waals surface area contributed by atoms with Gasteiger partial charge in [-0.05, 0) is 78.8 Å². The predicted octanol–water partition coefficient (Wildman–Crippen LogP) is 3.97. The second kappa shape index (κ2) is 9.71. The van der Waals surface area contributed by atoms with Crippen LogP contribution in [0.4, 0.5) is 10.1 Å². The molecule has 0 saturated heterocycles. The van der Waals surface area contributed by atoms with Gasteiger partial charge in [0.2, 0.25) is 0 Å². The molecular weight excluding hydrogens is 483 g/mol. The predicted molar refractivity (Wildman–Crippen MR) is 134 cm³/mol. The molecule has 4 aromatic rings. The fraction of sp³-hybridized carbons (Fsp3) is 0.231. The van der Waals surface area contributed by atoms with E-state index < -0.39 is 23.0 Å². The molecule has 2 N–H and O–H groups in total. The molecule has 1 fully saturated rings. The van der Waals surface area contributed by atoms with Crippen LogP contribution in [-0.4, -0.2) is 37.9 Å². The number of pyridine rings is 1. The Balaban J connectivity index is 1.58. The molecule has 0 radical (unpaired) electrons. The molecule has 0 aliphatic heterocycles. The summed E-state index contributed by atoms with van der Waals surface area (Å²) < 4.78 is 46.2. The molecule has 8 nitrogen and oxygen atoms in total. The third kappa shape index (κ3) is 4.69. The number of benzene rings is 2. The van der Waals surface area contributed by atoms with E-state index in [2.05, 4.69) is 5.10 Å². The van der Waals surface area contributed by atoms with Gasteiger partial charge < -0.3 is 19.3 Å². The smallest absolute Gasteiger partial charge is 0.253 e. The molecule has 1 aliphatic rings. The van der Waals surface area contributed by atoms with Gasteiger partial charge in [0.25, 0.3) is 5.91 Å². The Hall–Kier alpha value is -3.76. The first-order chi connectivity index (χ1) is 17.4. The van der Waals surface area contributed by atoms with E-state index in [4.69, 9.17) is 10.5 Å². The van der Waals surface area contributed by atoms with E-state index in [1.807, 2.05) is 24.3 Å². The second-order valence-corrected chi connectivity index (χ2v) is 9.61. The summed E-state index contributed by atoms with van der Waals surface area (Å²) >= 11 is -2.54. The van der Waals surface area contributed by atoms with E-state index in [0.29, 0.717) is 28.9 Å². The highest BCUT2D eigenvalue weighted by molar-refractivity contribution is 7.80. The molecule has 0 spiro atoms. The third-order valence-electron chi connectivity index (χ3n) is 6.37. The molecule has 2 aromatic heterocycles. The molecule has 1 atom stereocenters. The number of anilines is 1. The molecule has 186 valence electrons. The van der Waals surface area contributed by atoms with E-state index in [-0.39, 0.29) is 18.0 Å². The number of nitrogens with two attached hydrogens (primary N) is 1. The summed E-state index contributed by atoms with van der Waals surface area (Å²) in [6.45, 7) is 0.225. The van der Waals surface area contributed by atoms with Gasteiger partial charge in [-0.25, -0.2) is 8.91 Å². The number of amides is 1.